The van der Waals surface area contributed by atoms with Gasteiger partial charge in [0.1, 0.15) is 5.60 Å². The second kappa shape index (κ2) is 7.87. The highest BCUT2D eigenvalue weighted by Gasteiger charge is 2.27. The summed E-state index contributed by atoms with van der Waals surface area (Å²) in [4.78, 5) is 16.4. The molecule has 0 aromatic heterocycles. The summed E-state index contributed by atoms with van der Waals surface area (Å²) in [5, 5.41) is 0. The molecule has 140 valence electrons. The molecule has 0 bridgehead atoms. The van der Waals surface area contributed by atoms with Crippen LogP contribution in [0.5, 0.6) is 0 Å². The van der Waals surface area contributed by atoms with Crippen molar-refractivity contribution in [3.8, 4) is 0 Å². The molecule has 0 unspecified atom stereocenters. The summed E-state index contributed by atoms with van der Waals surface area (Å²) in [7, 11) is 0. The van der Waals surface area contributed by atoms with Crippen LogP contribution in [0.15, 0.2) is 6.07 Å². The number of benzene rings is 1. The summed E-state index contributed by atoms with van der Waals surface area (Å²) in [6.45, 7) is 13.4. The number of nitrogens with zero attached hydrogens (tertiary/aromatic N) is 2. The lowest BCUT2D eigenvalue weighted by Gasteiger charge is -2.38. The van der Waals surface area contributed by atoms with E-state index in [0.29, 0.717) is 25.4 Å². The number of piperazine rings is 1. The van der Waals surface area contributed by atoms with Crippen LogP contribution in [0, 0.1) is 13.8 Å². The van der Waals surface area contributed by atoms with Crippen molar-refractivity contribution in [3.05, 3.63) is 28.3 Å². The smallest absolute Gasteiger partial charge is 0.410 e. The molecule has 0 atom stereocenters. The van der Waals surface area contributed by atoms with E-state index >= 15 is 0 Å². The first-order valence-corrected chi connectivity index (χ1v) is 9.47. The van der Waals surface area contributed by atoms with Gasteiger partial charge < -0.3 is 20.3 Å². The third kappa shape index (κ3) is 4.61. The van der Waals surface area contributed by atoms with Gasteiger partial charge in [0, 0.05) is 44.2 Å². The Kier molecular flexibility index (Phi) is 6.27. The molecule has 5 nitrogen and oxygen atoms in total. The van der Waals surface area contributed by atoms with E-state index < -0.39 is 5.60 Å². The zero-order chi connectivity index (χ0) is 18.8. The van der Waals surface area contributed by atoms with Gasteiger partial charge in [-0.3, -0.25) is 0 Å². The largest absolute Gasteiger partial charge is 0.444 e. The van der Waals surface area contributed by atoms with Gasteiger partial charge in [-0.05, 0) is 56.9 Å². The lowest BCUT2D eigenvalue weighted by atomic mass is 9.96. The minimum Gasteiger partial charge on any atom is -0.444 e. The number of ether oxygens (including phenoxy) is 1. The van der Waals surface area contributed by atoms with E-state index in [-0.39, 0.29) is 6.09 Å². The Labute approximate surface area is 156 Å². The van der Waals surface area contributed by atoms with Gasteiger partial charge >= 0.3 is 6.09 Å². The second-order valence-corrected chi connectivity index (χ2v) is 7.93. The third-order valence-corrected chi connectivity index (χ3v) is 5.00. The highest BCUT2D eigenvalue weighted by atomic mass is 32.1. The molecule has 0 radical (unpaired) electrons. The van der Waals surface area contributed by atoms with Crippen molar-refractivity contribution in [1.82, 2.24) is 4.90 Å². The Bertz CT molecular complexity index is 604. The number of carbonyl (C=O) groups is 1. The molecule has 1 saturated heterocycles. The molecule has 1 aromatic rings. The van der Waals surface area contributed by atoms with Gasteiger partial charge in [0.25, 0.3) is 0 Å². The monoisotopic (exact) mass is 365 g/mol. The Balaban J connectivity index is 2.17. The molecule has 0 saturated carbocycles. The predicted molar refractivity (Wildman–Crippen MR) is 107 cm³/mol. The highest BCUT2D eigenvalue weighted by Crippen LogP contribution is 2.32. The van der Waals surface area contributed by atoms with Crippen molar-refractivity contribution >= 4 is 24.4 Å². The number of hydrogen-bond acceptors (Lipinski definition) is 5. The summed E-state index contributed by atoms with van der Waals surface area (Å²) < 4.78 is 5.48. The van der Waals surface area contributed by atoms with Crippen LogP contribution in [0.25, 0.3) is 0 Å². The van der Waals surface area contributed by atoms with Crippen LogP contribution in [0.2, 0.25) is 0 Å². The van der Waals surface area contributed by atoms with Gasteiger partial charge in [-0.25, -0.2) is 4.79 Å². The molecule has 0 spiro atoms. The molecule has 1 amide bonds. The summed E-state index contributed by atoms with van der Waals surface area (Å²) in [5.41, 5.74) is 11.6. The molecule has 2 rings (SSSR count). The van der Waals surface area contributed by atoms with Gasteiger partial charge in [0.2, 0.25) is 0 Å². The number of nitrogens with two attached hydrogens (primary N) is 1. The van der Waals surface area contributed by atoms with Crippen LogP contribution in [0.4, 0.5) is 10.5 Å². The van der Waals surface area contributed by atoms with Crippen molar-refractivity contribution in [2.75, 3.05) is 31.1 Å². The summed E-state index contributed by atoms with van der Waals surface area (Å²) in [5.74, 6) is 0.698. The fraction of sp³-hybridized carbons (Fsp3) is 0.632. The van der Waals surface area contributed by atoms with E-state index in [1.807, 2.05) is 20.8 Å². The summed E-state index contributed by atoms with van der Waals surface area (Å²) in [6.07, 6.45) is -0.229. The van der Waals surface area contributed by atoms with Gasteiger partial charge in [0.05, 0.1) is 0 Å². The van der Waals surface area contributed by atoms with Crippen LogP contribution >= 0.6 is 12.6 Å². The normalized spacial score (nSPS) is 15.5. The van der Waals surface area contributed by atoms with Crippen molar-refractivity contribution in [2.24, 2.45) is 5.73 Å². The maximum atomic E-state index is 12.3. The van der Waals surface area contributed by atoms with Crippen LogP contribution in [-0.2, 0) is 17.0 Å². The number of thiol groups is 1. The SMILES string of the molecule is Cc1c(CN)cc(CS)c(C)c1N1CCN(C(=O)OC(C)(C)C)CC1. The van der Waals surface area contributed by atoms with Gasteiger partial charge in [0.15, 0.2) is 0 Å². The van der Waals surface area contributed by atoms with E-state index in [1.165, 1.54) is 27.9 Å². The predicted octanol–water partition coefficient (Wildman–Crippen LogP) is 3.25. The Hall–Kier alpha value is -1.40. The van der Waals surface area contributed by atoms with Gasteiger partial charge in [-0.1, -0.05) is 6.07 Å². The van der Waals surface area contributed by atoms with Gasteiger partial charge in [-0.15, -0.1) is 0 Å². The Morgan fingerprint density at radius 1 is 1.16 bits per heavy atom. The number of amides is 1. The maximum Gasteiger partial charge on any atom is 0.410 e. The topological polar surface area (TPSA) is 58.8 Å². The highest BCUT2D eigenvalue weighted by molar-refractivity contribution is 7.79. The zero-order valence-corrected chi connectivity index (χ0v) is 16.9. The molecular formula is C19H31N3O2S. The zero-order valence-electron chi connectivity index (χ0n) is 16.1. The van der Waals surface area contributed by atoms with Crippen molar-refractivity contribution in [3.63, 3.8) is 0 Å². The number of anilines is 1. The van der Waals surface area contributed by atoms with Crippen molar-refractivity contribution in [2.45, 2.75) is 52.5 Å². The third-order valence-electron chi connectivity index (χ3n) is 4.66. The molecule has 25 heavy (non-hydrogen) atoms. The molecule has 1 aromatic carbocycles. The number of carbonyl (C=O) groups excluding carboxylic acids is 1. The standard InChI is InChI=1S/C19H31N3O2S/c1-13-15(11-20)10-16(12-25)14(2)17(13)21-6-8-22(9-7-21)18(23)24-19(3,4)5/h10,25H,6-9,11-12,20H2,1-5H3. The first-order chi connectivity index (χ1) is 11.7. The van der Waals surface area contributed by atoms with E-state index in [2.05, 4.69) is 37.4 Å². The average Bonchev–Trinajstić information content (AvgIpc) is 2.54. The van der Waals surface area contributed by atoms with Crippen LogP contribution < -0.4 is 10.6 Å². The maximum absolute atomic E-state index is 12.3. The first kappa shape index (κ1) is 19.9. The summed E-state index contributed by atoms with van der Waals surface area (Å²) in [6, 6.07) is 2.16. The number of hydrogen-bond donors (Lipinski definition) is 2. The van der Waals surface area contributed by atoms with Crippen LogP contribution in [-0.4, -0.2) is 42.8 Å². The lowest BCUT2D eigenvalue weighted by molar-refractivity contribution is 0.0240. The van der Waals surface area contributed by atoms with Crippen molar-refractivity contribution < 1.29 is 9.53 Å². The molecule has 6 heteroatoms. The number of rotatable bonds is 3. The van der Waals surface area contributed by atoms with Crippen LogP contribution in [0.1, 0.15) is 43.0 Å². The Morgan fingerprint density at radius 2 is 1.72 bits per heavy atom. The van der Waals surface area contributed by atoms with E-state index in [1.54, 1.807) is 4.90 Å². The van der Waals surface area contributed by atoms with Gasteiger partial charge in [-0.2, -0.15) is 12.6 Å². The molecule has 0 aliphatic carbocycles. The van der Waals surface area contributed by atoms with E-state index in [9.17, 15) is 4.79 Å². The molecular weight excluding hydrogens is 334 g/mol. The minimum absolute atomic E-state index is 0.229. The quantitative estimate of drug-likeness (QED) is 0.808. The first-order valence-electron chi connectivity index (χ1n) is 8.83. The lowest BCUT2D eigenvalue weighted by Crippen LogP contribution is -2.50. The minimum atomic E-state index is -0.460. The van der Waals surface area contributed by atoms with E-state index in [0.717, 1.165) is 13.1 Å². The summed E-state index contributed by atoms with van der Waals surface area (Å²) >= 11 is 4.46. The average molecular weight is 366 g/mol. The van der Waals surface area contributed by atoms with Crippen molar-refractivity contribution in [1.29, 1.82) is 0 Å². The van der Waals surface area contributed by atoms with Crippen LogP contribution in [0.3, 0.4) is 0 Å². The second-order valence-electron chi connectivity index (χ2n) is 7.61. The van der Waals surface area contributed by atoms with E-state index in [4.69, 9.17) is 10.5 Å². The fourth-order valence-electron chi connectivity index (χ4n) is 3.30. The fourth-order valence-corrected chi connectivity index (χ4v) is 3.63. The molecule has 2 N–H and O–H groups in total. The molecule has 1 aliphatic rings. The Morgan fingerprint density at radius 3 is 2.20 bits per heavy atom. The molecule has 1 heterocycles. The molecule has 1 fully saturated rings. The molecule has 1 aliphatic heterocycles.